The fraction of sp³-hybridized carbons (Fsp3) is 0.333. The molecule has 3 aromatic rings. The molecule has 0 unspecified atom stereocenters. The van der Waals surface area contributed by atoms with Crippen molar-refractivity contribution in [1.82, 2.24) is 4.98 Å². The first-order valence-corrected chi connectivity index (χ1v) is 10.4. The van der Waals surface area contributed by atoms with Gasteiger partial charge in [0.25, 0.3) is 0 Å². The largest absolute Gasteiger partial charge is 0.493 e. The number of aromatic nitrogens is 1. The van der Waals surface area contributed by atoms with Gasteiger partial charge in [-0.3, -0.25) is 9.78 Å². The summed E-state index contributed by atoms with van der Waals surface area (Å²) in [5, 5.41) is 5.24. The van der Waals surface area contributed by atoms with E-state index < -0.39 is 0 Å². The molecule has 5 heteroatoms. The molecular formula is C24H25N3O2. The van der Waals surface area contributed by atoms with E-state index in [1.807, 2.05) is 30.6 Å². The van der Waals surface area contributed by atoms with Crippen LogP contribution in [0.1, 0.15) is 30.4 Å². The summed E-state index contributed by atoms with van der Waals surface area (Å²) < 4.78 is 5.55. The molecule has 2 aromatic carbocycles. The molecule has 0 bridgehead atoms. The number of ether oxygens (including phenoxy) is 1. The monoisotopic (exact) mass is 387 g/mol. The number of pyridine rings is 1. The van der Waals surface area contributed by atoms with Crippen molar-refractivity contribution < 1.29 is 9.53 Å². The molecule has 1 aromatic heterocycles. The molecule has 1 amide bonds. The van der Waals surface area contributed by atoms with E-state index in [0.717, 1.165) is 53.9 Å². The van der Waals surface area contributed by atoms with Gasteiger partial charge in [-0.25, -0.2) is 0 Å². The van der Waals surface area contributed by atoms with Gasteiger partial charge < -0.3 is 15.0 Å². The Labute approximate surface area is 170 Å². The minimum absolute atomic E-state index is 0.0141. The molecule has 2 aliphatic heterocycles. The minimum atomic E-state index is -0.0141. The van der Waals surface area contributed by atoms with Crippen molar-refractivity contribution in [2.75, 3.05) is 29.9 Å². The second kappa shape index (κ2) is 7.74. The van der Waals surface area contributed by atoms with Crippen LogP contribution in [0.4, 0.5) is 11.4 Å². The second-order valence-corrected chi connectivity index (χ2v) is 7.87. The maximum Gasteiger partial charge on any atom is 0.228 e. The van der Waals surface area contributed by atoms with Gasteiger partial charge in [0.1, 0.15) is 5.75 Å². The van der Waals surface area contributed by atoms with Crippen molar-refractivity contribution in [2.24, 2.45) is 0 Å². The maximum atomic E-state index is 12.7. The molecule has 1 fully saturated rings. The third kappa shape index (κ3) is 3.65. The van der Waals surface area contributed by atoms with E-state index in [0.29, 0.717) is 6.42 Å². The van der Waals surface area contributed by atoms with Crippen LogP contribution in [-0.4, -0.2) is 30.6 Å². The van der Waals surface area contributed by atoms with E-state index in [1.165, 1.54) is 30.5 Å². The number of anilines is 2. The summed E-state index contributed by atoms with van der Waals surface area (Å²) in [6, 6.07) is 12.2. The minimum Gasteiger partial charge on any atom is -0.493 e. The summed E-state index contributed by atoms with van der Waals surface area (Å²) in [4.78, 5) is 19.5. The van der Waals surface area contributed by atoms with Gasteiger partial charge in [-0.2, -0.15) is 0 Å². The van der Waals surface area contributed by atoms with Crippen LogP contribution in [0.5, 0.6) is 5.75 Å². The number of nitrogens with zero attached hydrogens (tertiary/aromatic N) is 2. The molecule has 5 nitrogen and oxygen atoms in total. The lowest BCUT2D eigenvalue weighted by Crippen LogP contribution is -2.29. The molecule has 0 spiro atoms. The number of fused-ring (bicyclic) bond motifs is 2. The highest BCUT2D eigenvalue weighted by Crippen LogP contribution is 2.33. The van der Waals surface area contributed by atoms with E-state index >= 15 is 0 Å². The quantitative estimate of drug-likeness (QED) is 0.723. The normalized spacial score (nSPS) is 15.8. The molecule has 3 heterocycles. The van der Waals surface area contributed by atoms with E-state index in [4.69, 9.17) is 4.74 Å². The Balaban J connectivity index is 1.38. The van der Waals surface area contributed by atoms with Gasteiger partial charge in [0.15, 0.2) is 0 Å². The first-order chi connectivity index (χ1) is 14.3. The standard InChI is InChI=1S/C24H25N3O2/c28-24(15-17-4-7-23-18(14-17)9-13-29-23)26-21-5-6-22(27-11-2-1-3-12-27)19-8-10-25-16-20(19)21/h4-8,10,14,16H,1-3,9,11-13,15H2,(H,26,28). The van der Waals surface area contributed by atoms with Crippen LogP contribution in [-0.2, 0) is 17.6 Å². The van der Waals surface area contributed by atoms with Crippen molar-refractivity contribution >= 4 is 28.1 Å². The topological polar surface area (TPSA) is 54.5 Å². The number of hydrogen-bond acceptors (Lipinski definition) is 4. The van der Waals surface area contributed by atoms with Gasteiger partial charge in [0.2, 0.25) is 5.91 Å². The highest BCUT2D eigenvalue weighted by molar-refractivity contribution is 6.06. The lowest BCUT2D eigenvalue weighted by atomic mass is 10.0. The van der Waals surface area contributed by atoms with Crippen molar-refractivity contribution in [1.29, 1.82) is 0 Å². The average Bonchev–Trinajstić information content (AvgIpc) is 3.22. The Hall–Kier alpha value is -3.08. The van der Waals surface area contributed by atoms with Crippen LogP contribution in [0.3, 0.4) is 0 Å². The van der Waals surface area contributed by atoms with Crippen molar-refractivity contribution in [3.05, 3.63) is 59.9 Å². The summed E-state index contributed by atoms with van der Waals surface area (Å²) in [7, 11) is 0. The van der Waals surface area contributed by atoms with Crippen LogP contribution in [0.25, 0.3) is 10.8 Å². The summed E-state index contributed by atoms with van der Waals surface area (Å²) in [5.74, 6) is 0.930. The third-order valence-electron chi connectivity index (χ3n) is 5.88. The molecule has 1 N–H and O–H groups in total. The Bertz CT molecular complexity index is 1060. The maximum absolute atomic E-state index is 12.7. The summed E-state index contributed by atoms with van der Waals surface area (Å²) in [6.07, 6.45) is 8.72. The first kappa shape index (κ1) is 18.0. The first-order valence-electron chi connectivity index (χ1n) is 10.4. The summed E-state index contributed by atoms with van der Waals surface area (Å²) >= 11 is 0. The number of benzene rings is 2. The average molecular weight is 387 g/mol. The fourth-order valence-electron chi connectivity index (χ4n) is 4.42. The molecule has 29 heavy (non-hydrogen) atoms. The number of piperidine rings is 1. The molecule has 148 valence electrons. The number of amides is 1. The van der Waals surface area contributed by atoms with Crippen molar-refractivity contribution in [3.8, 4) is 5.75 Å². The lowest BCUT2D eigenvalue weighted by molar-refractivity contribution is -0.115. The van der Waals surface area contributed by atoms with E-state index in [1.54, 1.807) is 0 Å². The predicted octanol–water partition coefficient (Wildman–Crippen LogP) is 4.34. The van der Waals surface area contributed by atoms with Crippen LogP contribution in [0.15, 0.2) is 48.8 Å². The van der Waals surface area contributed by atoms with Crippen LogP contribution < -0.4 is 15.0 Å². The number of nitrogens with one attached hydrogen (secondary N) is 1. The highest BCUT2D eigenvalue weighted by Gasteiger charge is 2.17. The summed E-state index contributed by atoms with van der Waals surface area (Å²) in [6.45, 7) is 2.91. The Morgan fingerprint density at radius 3 is 2.86 bits per heavy atom. The Kier molecular flexibility index (Phi) is 4.80. The van der Waals surface area contributed by atoms with E-state index in [2.05, 4.69) is 33.4 Å². The van der Waals surface area contributed by atoms with Gasteiger partial charge in [0.05, 0.1) is 18.7 Å². The Morgan fingerprint density at radius 2 is 1.97 bits per heavy atom. The van der Waals surface area contributed by atoms with Gasteiger partial charge in [0, 0.05) is 48.4 Å². The fourth-order valence-corrected chi connectivity index (χ4v) is 4.42. The predicted molar refractivity (Wildman–Crippen MR) is 116 cm³/mol. The van der Waals surface area contributed by atoms with Crippen molar-refractivity contribution in [2.45, 2.75) is 32.1 Å². The van der Waals surface area contributed by atoms with Crippen LogP contribution in [0, 0.1) is 0 Å². The molecule has 0 atom stereocenters. The zero-order valence-electron chi connectivity index (χ0n) is 16.5. The molecular weight excluding hydrogens is 362 g/mol. The van der Waals surface area contributed by atoms with Crippen molar-refractivity contribution in [3.63, 3.8) is 0 Å². The van der Waals surface area contributed by atoms with E-state index in [-0.39, 0.29) is 5.91 Å². The van der Waals surface area contributed by atoms with Gasteiger partial charge >= 0.3 is 0 Å². The zero-order chi connectivity index (χ0) is 19.6. The summed E-state index contributed by atoms with van der Waals surface area (Å²) in [5.41, 5.74) is 4.26. The third-order valence-corrected chi connectivity index (χ3v) is 5.88. The molecule has 5 rings (SSSR count). The molecule has 0 radical (unpaired) electrons. The molecule has 2 aliphatic rings. The molecule has 1 saturated heterocycles. The number of carbonyl (C=O) groups excluding carboxylic acids is 1. The number of carbonyl (C=O) groups is 1. The highest BCUT2D eigenvalue weighted by atomic mass is 16.5. The number of hydrogen-bond donors (Lipinski definition) is 1. The van der Waals surface area contributed by atoms with Crippen LogP contribution in [0.2, 0.25) is 0 Å². The van der Waals surface area contributed by atoms with Gasteiger partial charge in [-0.1, -0.05) is 12.1 Å². The second-order valence-electron chi connectivity index (χ2n) is 7.87. The number of rotatable bonds is 4. The van der Waals surface area contributed by atoms with Crippen LogP contribution >= 0.6 is 0 Å². The SMILES string of the molecule is O=C(Cc1ccc2c(c1)CCO2)Nc1ccc(N2CCCCC2)c2ccncc12. The lowest BCUT2D eigenvalue weighted by Gasteiger charge is -2.30. The van der Waals surface area contributed by atoms with E-state index in [9.17, 15) is 4.79 Å². The Morgan fingerprint density at radius 1 is 1.07 bits per heavy atom. The zero-order valence-corrected chi connectivity index (χ0v) is 16.5. The molecule has 0 aliphatic carbocycles. The smallest absolute Gasteiger partial charge is 0.228 e. The van der Waals surface area contributed by atoms with Gasteiger partial charge in [-0.15, -0.1) is 0 Å². The molecule has 0 saturated carbocycles. The van der Waals surface area contributed by atoms with Gasteiger partial charge in [-0.05, 0) is 54.7 Å².